The fraction of sp³-hybridized carbons (Fsp3) is 0.529. The molecule has 0 radical (unpaired) electrons. The lowest BCUT2D eigenvalue weighted by atomic mass is 10.0. The number of benzene rings is 1. The summed E-state index contributed by atoms with van der Waals surface area (Å²) >= 11 is 0. The number of carboxylic acid groups (broad SMARTS) is 1. The second kappa shape index (κ2) is 6.38. The topological polar surface area (TPSA) is 75.6 Å². The fourth-order valence-electron chi connectivity index (χ4n) is 2.64. The fourth-order valence-corrected chi connectivity index (χ4v) is 2.64. The summed E-state index contributed by atoms with van der Waals surface area (Å²) in [7, 11) is 0. The van der Waals surface area contributed by atoms with E-state index in [1.807, 2.05) is 13.8 Å². The van der Waals surface area contributed by atoms with Crippen LogP contribution in [0.5, 0.6) is 5.75 Å². The van der Waals surface area contributed by atoms with Crippen LogP contribution in [0.1, 0.15) is 47.7 Å². The van der Waals surface area contributed by atoms with Crippen molar-refractivity contribution in [2.75, 3.05) is 13.2 Å². The van der Waals surface area contributed by atoms with Crippen molar-refractivity contribution in [3.05, 3.63) is 28.8 Å². The quantitative estimate of drug-likeness (QED) is 0.812. The third-order valence-corrected chi connectivity index (χ3v) is 4.39. The van der Waals surface area contributed by atoms with Gasteiger partial charge >= 0.3 is 5.97 Å². The molecule has 1 fully saturated rings. The van der Waals surface area contributed by atoms with Crippen molar-refractivity contribution in [2.24, 2.45) is 5.41 Å². The van der Waals surface area contributed by atoms with Gasteiger partial charge in [0.25, 0.3) is 5.91 Å². The van der Waals surface area contributed by atoms with Crippen molar-refractivity contribution >= 4 is 11.9 Å². The van der Waals surface area contributed by atoms with Crippen LogP contribution in [0.25, 0.3) is 0 Å². The molecule has 1 aromatic carbocycles. The lowest BCUT2D eigenvalue weighted by molar-refractivity contribution is -0.139. The molecule has 0 bridgehead atoms. The molecule has 0 heterocycles. The lowest BCUT2D eigenvalue weighted by Gasteiger charge is -2.15. The first-order chi connectivity index (χ1) is 10.4. The third-order valence-electron chi connectivity index (χ3n) is 4.39. The van der Waals surface area contributed by atoms with Crippen LogP contribution in [0.2, 0.25) is 0 Å². The lowest BCUT2D eigenvalue weighted by Crippen LogP contribution is -2.30. The third kappa shape index (κ3) is 3.78. The second-order valence-electron chi connectivity index (χ2n) is 6.16. The van der Waals surface area contributed by atoms with Gasteiger partial charge in [-0.3, -0.25) is 4.79 Å². The second-order valence-corrected chi connectivity index (χ2v) is 6.16. The van der Waals surface area contributed by atoms with E-state index in [2.05, 4.69) is 12.2 Å². The van der Waals surface area contributed by atoms with Crippen LogP contribution in [-0.4, -0.2) is 30.1 Å². The van der Waals surface area contributed by atoms with Gasteiger partial charge in [0.05, 0.1) is 0 Å². The Hall–Kier alpha value is -2.04. The molecule has 1 aliphatic carbocycles. The zero-order valence-electron chi connectivity index (χ0n) is 13.4. The summed E-state index contributed by atoms with van der Waals surface area (Å²) in [6.07, 6.45) is 3.46. The number of aryl methyl sites for hydroxylation is 2. The van der Waals surface area contributed by atoms with Gasteiger partial charge < -0.3 is 15.2 Å². The van der Waals surface area contributed by atoms with Crippen LogP contribution in [0, 0.1) is 19.3 Å². The minimum absolute atomic E-state index is 0.0873. The minimum atomic E-state index is -1.02. The van der Waals surface area contributed by atoms with Crippen molar-refractivity contribution in [2.45, 2.75) is 40.0 Å². The van der Waals surface area contributed by atoms with E-state index in [1.54, 1.807) is 12.1 Å². The van der Waals surface area contributed by atoms with Gasteiger partial charge in [-0.2, -0.15) is 0 Å². The van der Waals surface area contributed by atoms with Crippen molar-refractivity contribution in [1.82, 2.24) is 5.32 Å². The molecule has 0 saturated heterocycles. The molecule has 2 N–H and O–H groups in total. The summed E-state index contributed by atoms with van der Waals surface area (Å²) in [6, 6.07) is 3.48. The standard InChI is InChI=1S/C17H23NO4/c1-4-17(5-6-17)10-18-16(21)13-7-11(2)15(12(3)8-13)22-9-14(19)20/h7-8H,4-6,9-10H2,1-3H3,(H,18,21)(H,19,20). The summed E-state index contributed by atoms with van der Waals surface area (Å²) < 4.78 is 5.27. The van der Waals surface area contributed by atoms with Crippen molar-refractivity contribution < 1.29 is 19.4 Å². The summed E-state index contributed by atoms with van der Waals surface area (Å²) in [5.74, 6) is -0.572. The number of amides is 1. The average Bonchev–Trinajstić information content (AvgIpc) is 3.24. The largest absolute Gasteiger partial charge is 0.481 e. The molecule has 0 unspecified atom stereocenters. The van der Waals surface area contributed by atoms with Gasteiger partial charge in [0.2, 0.25) is 0 Å². The Bertz CT molecular complexity index is 567. The molecule has 1 saturated carbocycles. The van der Waals surface area contributed by atoms with E-state index in [4.69, 9.17) is 9.84 Å². The molecule has 5 heteroatoms. The summed E-state index contributed by atoms with van der Waals surface area (Å²) in [4.78, 5) is 22.9. The summed E-state index contributed by atoms with van der Waals surface area (Å²) in [5.41, 5.74) is 2.43. The van der Waals surface area contributed by atoms with E-state index < -0.39 is 5.97 Å². The van der Waals surface area contributed by atoms with E-state index in [-0.39, 0.29) is 12.5 Å². The number of carboxylic acids is 1. The van der Waals surface area contributed by atoms with Gasteiger partial charge in [0.1, 0.15) is 5.75 Å². The Morgan fingerprint density at radius 2 is 1.86 bits per heavy atom. The predicted octanol–water partition coefficient (Wildman–Crippen LogP) is 2.69. The normalized spacial score (nSPS) is 15.2. The molecular formula is C17H23NO4. The van der Waals surface area contributed by atoms with Crippen molar-refractivity contribution in [3.8, 4) is 5.75 Å². The first-order valence-electron chi connectivity index (χ1n) is 7.61. The van der Waals surface area contributed by atoms with Gasteiger partial charge in [-0.15, -0.1) is 0 Å². The number of aliphatic carboxylic acids is 1. The molecular weight excluding hydrogens is 282 g/mol. The molecule has 1 aliphatic rings. The first-order valence-corrected chi connectivity index (χ1v) is 7.61. The van der Waals surface area contributed by atoms with E-state index in [9.17, 15) is 9.59 Å². The zero-order valence-corrected chi connectivity index (χ0v) is 13.4. The van der Waals surface area contributed by atoms with Crippen LogP contribution < -0.4 is 10.1 Å². The van der Waals surface area contributed by atoms with E-state index in [0.717, 1.165) is 24.1 Å². The molecule has 2 rings (SSSR count). The number of carbonyl (C=O) groups is 2. The maximum atomic E-state index is 12.3. The maximum absolute atomic E-state index is 12.3. The van der Waals surface area contributed by atoms with Crippen LogP contribution in [-0.2, 0) is 4.79 Å². The van der Waals surface area contributed by atoms with Gasteiger partial charge in [0.15, 0.2) is 6.61 Å². The van der Waals surface area contributed by atoms with Crippen LogP contribution in [0.15, 0.2) is 12.1 Å². The van der Waals surface area contributed by atoms with E-state index in [1.165, 1.54) is 12.8 Å². The highest BCUT2D eigenvalue weighted by atomic mass is 16.5. The maximum Gasteiger partial charge on any atom is 0.341 e. The van der Waals surface area contributed by atoms with Gasteiger partial charge in [-0.05, 0) is 61.8 Å². The molecule has 120 valence electrons. The van der Waals surface area contributed by atoms with Crippen LogP contribution in [0.3, 0.4) is 0 Å². The molecule has 22 heavy (non-hydrogen) atoms. The Morgan fingerprint density at radius 1 is 1.27 bits per heavy atom. The monoisotopic (exact) mass is 305 g/mol. The van der Waals surface area contributed by atoms with Crippen molar-refractivity contribution in [1.29, 1.82) is 0 Å². The molecule has 1 aromatic rings. The first kappa shape index (κ1) is 16.3. The van der Waals surface area contributed by atoms with Crippen molar-refractivity contribution in [3.63, 3.8) is 0 Å². The number of carbonyl (C=O) groups excluding carboxylic acids is 1. The Labute approximate surface area is 130 Å². The molecule has 1 amide bonds. The molecule has 0 atom stereocenters. The highest BCUT2D eigenvalue weighted by molar-refractivity contribution is 5.95. The number of rotatable bonds is 7. The predicted molar refractivity (Wildman–Crippen MR) is 83.3 cm³/mol. The van der Waals surface area contributed by atoms with E-state index in [0.29, 0.717) is 16.7 Å². The number of hydrogen-bond donors (Lipinski definition) is 2. The molecule has 0 spiro atoms. The summed E-state index contributed by atoms with van der Waals surface area (Å²) in [6.45, 7) is 6.12. The number of ether oxygens (including phenoxy) is 1. The minimum Gasteiger partial charge on any atom is -0.481 e. The average molecular weight is 305 g/mol. The summed E-state index contributed by atoms with van der Waals surface area (Å²) in [5, 5.41) is 11.7. The number of hydrogen-bond acceptors (Lipinski definition) is 3. The zero-order chi connectivity index (χ0) is 16.3. The van der Waals surface area contributed by atoms with Gasteiger partial charge in [-0.1, -0.05) is 6.92 Å². The highest BCUT2D eigenvalue weighted by Gasteiger charge is 2.40. The Kier molecular flexibility index (Phi) is 4.74. The van der Waals surface area contributed by atoms with Crippen LogP contribution in [0.4, 0.5) is 0 Å². The Morgan fingerprint density at radius 3 is 2.32 bits per heavy atom. The SMILES string of the molecule is CCC1(CNC(=O)c2cc(C)c(OCC(=O)O)c(C)c2)CC1. The van der Waals surface area contributed by atoms with Gasteiger partial charge in [-0.25, -0.2) is 4.79 Å². The molecule has 5 nitrogen and oxygen atoms in total. The molecule has 0 aromatic heterocycles. The number of nitrogens with one attached hydrogen (secondary N) is 1. The van der Waals surface area contributed by atoms with E-state index >= 15 is 0 Å². The smallest absolute Gasteiger partial charge is 0.341 e. The molecule has 0 aliphatic heterocycles. The van der Waals surface area contributed by atoms with Gasteiger partial charge in [0, 0.05) is 12.1 Å². The van der Waals surface area contributed by atoms with Crippen LogP contribution >= 0.6 is 0 Å². The Balaban J connectivity index is 2.05. The highest BCUT2D eigenvalue weighted by Crippen LogP contribution is 2.47.